The van der Waals surface area contributed by atoms with Crippen molar-refractivity contribution in [1.29, 1.82) is 0 Å². The molecule has 160 valence electrons. The summed E-state index contributed by atoms with van der Waals surface area (Å²) >= 11 is 0. The van der Waals surface area contributed by atoms with Crippen LogP contribution in [0.1, 0.15) is 35.6 Å². The number of nitrogens with zero attached hydrogens (tertiary/aromatic N) is 2. The van der Waals surface area contributed by atoms with Gasteiger partial charge in [-0.1, -0.05) is 54.6 Å². The van der Waals surface area contributed by atoms with Crippen LogP contribution in [0.2, 0.25) is 0 Å². The van der Waals surface area contributed by atoms with Crippen LogP contribution in [0.5, 0.6) is 0 Å². The molecule has 2 aromatic carbocycles. The number of carbonyl (C=O) groups is 1. The molecule has 1 amide bonds. The number of carbonyl (C=O) groups excluding carboxylic acids is 1. The summed E-state index contributed by atoms with van der Waals surface area (Å²) < 4.78 is 5.83. The Morgan fingerprint density at radius 3 is 2.19 bits per heavy atom. The lowest BCUT2D eigenvalue weighted by Gasteiger charge is -2.23. The molecule has 5 nitrogen and oxygen atoms in total. The predicted octanol–water partition coefficient (Wildman–Crippen LogP) is 4.61. The number of aromatic nitrogens is 1. The second-order valence-corrected chi connectivity index (χ2v) is 7.86. The quantitative estimate of drug-likeness (QED) is 0.554. The molecule has 1 aromatic heterocycles. The van der Waals surface area contributed by atoms with Crippen LogP contribution in [0.15, 0.2) is 72.9 Å². The summed E-state index contributed by atoms with van der Waals surface area (Å²) in [5, 5.41) is 0. The molecular formula is C26H29N3O2. The molecule has 0 radical (unpaired) electrons. The maximum atomic E-state index is 12.9. The number of amides is 1. The van der Waals surface area contributed by atoms with Gasteiger partial charge in [-0.15, -0.1) is 0 Å². The van der Waals surface area contributed by atoms with Crippen molar-refractivity contribution in [3.8, 4) is 11.1 Å². The van der Waals surface area contributed by atoms with Gasteiger partial charge < -0.3 is 15.4 Å². The van der Waals surface area contributed by atoms with Gasteiger partial charge in [0.2, 0.25) is 0 Å². The first-order valence-electron chi connectivity index (χ1n) is 11.0. The van der Waals surface area contributed by atoms with Crippen LogP contribution < -0.4 is 5.73 Å². The summed E-state index contributed by atoms with van der Waals surface area (Å²) in [5.41, 5.74) is 11.6. The van der Waals surface area contributed by atoms with Crippen molar-refractivity contribution in [2.24, 2.45) is 5.73 Å². The van der Waals surface area contributed by atoms with Gasteiger partial charge >= 0.3 is 6.09 Å². The van der Waals surface area contributed by atoms with Gasteiger partial charge in [-0.3, -0.25) is 4.98 Å². The van der Waals surface area contributed by atoms with Gasteiger partial charge in [-0.05, 0) is 60.2 Å². The van der Waals surface area contributed by atoms with Crippen LogP contribution in [0.25, 0.3) is 11.1 Å². The lowest BCUT2D eigenvalue weighted by molar-refractivity contribution is 0.0990. The minimum Gasteiger partial charge on any atom is -0.448 e. The summed E-state index contributed by atoms with van der Waals surface area (Å²) in [4.78, 5) is 19.1. The second kappa shape index (κ2) is 10.2. The van der Waals surface area contributed by atoms with E-state index in [0.717, 1.165) is 25.0 Å². The third-order valence-electron chi connectivity index (χ3n) is 5.81. The highest BCUT2D eigenvalue weighted by Gasteiger charge is 2.29. The van der Waals surface area contributed by atoms with Crippen molar-refractivity contribution in [3.63, 3.8) is 0 Å². The Kier molecular flexibility index (Phi) is 6.95. The van der Waals surface area contributed by atoms with Crippen LogP contribution in [-0.4, -0.2) is 42.2 Å². The lowest BCUT2D eigenvalue weighted by Crippen LogP contribution is -2.35. The molecule has 0 saturated heterocycles. The van der Waals surface area contributed by atoms with E-state index in [2.05, 4.69) is 41.4 Å². The molecule has 1 heterocycles. The fourth-order valence-corrected chi connectivity index (χ4v) is 4.26. The van der Waals surface area contributed by atoms with Crippen molar-refractivity contribution in [2.75, 3.05) is 26.2 Å². The molecular weight excluding hydrogens is 386 g/mol. The van der Waals surface area contributed by atoms with E-state index in [4.69, 9.17) is 10.5 Å². The SMILES string of the molecule is NCCCN(CCCc1ccccn1)C(=O)OCC1c2ccccc2-c2ccccc21. The van der Waals surface area contributed by atoms with Gasteiger partial charge in [0.15, 0.2) is 0 Å². The van der Waals surface area contributed by atoms with E-state index in [1.165, 1.54) is 22.3 Å². The van der Waals surface area contributed by atoms with Gasteiger partial charge in [0.25, 0.3) is 0 Å². The highest BCUT2D eigenvalue weighted by Crippen LogP contribution is 2.44. The molecule has 0 spiro atoms. The van der Waals surface area contributed by atoms with Crippen molar-refractivity contribution in [3.05, 3.63) is 89.7 Å². The van der Waals surface area contributed by atoms with Crippen molar-refractivity contribution in [2.45, 2.75) is 25.2 Å². The van der Waals surface area contributed by atoms with Crippen molar-refractivity contribution < 1.29 is 9.53 Å². The first-order valence-corrected chi connectivity index (χ1v) is 11.0. The van der Waals surface area contributed by atoms with Gasteiger partial charge in [-0.25, -0.2) is 4.79 Å². The van der Waals surface area contributed by atoms with Gasteiger partial charge in [0.05, 0.1) is 0 Å². The third-order valence-corrected chi connectivity index (χ3v) is 5.81. The van der Waals surface area contributed by atoms with Crippen molar-refractivity contribution in [1.82, 2.24) is 9.88 Å². The molecule has 0 aliphatic heterocycles. The molecule has 0 saturated carbocycles. The monoisotopic (exact) mass is 415 g/mol. The Bertz CT molecular complexity index is 961. The van der Waals surface area contributed by atoms with Gasteiger partial charge in [-0.2, -0.15) is 0 Å². The summed E-state index contributed by atoms with van der Waals surface area (Å²) in [7, 11) is 0. The van der Waals surface area contributed by atoms with Crippen LogP contribution in [0, 0.1) is 0 Å². The zero-order valence-electron chi connectivity index (χ0n) is 17.7. The maximum absolute atomic E-state index is 12.9. The molecule has 1 aliphatic carbocycles. The summed E-state index contributed by atoms with van der Waals surface area (Å²) in [5.74, 6) is 0.0706. The van der Waals surface area contributed by atoms with Crippen LogP contribution in [0.4, 0.5) is 4.79 Å². The fraction of sp³-hybridized carbons (Fsp3) is 0.308. The number of hydrogen-bond donors (Lipinski definition) is 1. The normalized spacial score (nSPS) is 12.3. The molecule has 1 aliphatic rings. The predicted molar refractivity (Wildman–Crippen MR) is 123 cm³/mol. The first kappa shape index (κ1) is 21.1. The van der Waals surface area contributed by atoms with Gasteiger partial charge in [0.1, 0.15) is 6.61 Å². The number of ether oxygens (including phenoxy) is 1. The molecule has 3 aromatic rings. The minimum absolute atomic E-state index is 0.0706. The Morgan fingerprint density at radius 2 is 1.55 bits per heavy atom. The van der Waals surface area contributed by atoms with E-state index < -0.39 is 0 Å². The van der Waals surface area contributed by atoms with E-state index in [1.54, 1.807) is 11.1 Å². The molecule has 0 fully saturated rings. The number of pyridine rings is 1. The largest absolute Gasteiger partial charge is 0.448 e. The lowest BCUT2D eigenvalue weighted by atomic mass is 9.98. The average molecular weight is 416 g/mol. The van der Waals surface area contributed by atoms with Gasteiger partial charge in [0, 0.05) is 30.9 Å². The molecule has 31 heavy (non-hydrogen) atoms. The molecule has 0 atom stereocenters. The van der Waals surface area contributed by atoms with E-state index in [-0.39, 0.29) is 12.0 Å². The second-order valence-electron chi connectivity index (χ2n) is 7.86. The highest BCUT2D eigenvalue weighted by molar-refractivity contribution is 5.79. The Hall–Kier alpha value is -3.18. The van der Waals surface area contributed by atoms with E-state index in [0.29, 0.717) is 26.2 Å². The number of hydrogen-bond acceptors (Lipinski definition) is 4. The summed E-state index contributed by atoms with van der Waals surface area (Å²) in [6, 6.07) is 22.7. The zero-order chi connectivity index (χ0) is 21.5. The maximum Gasteiger partial charge on any atom is 0.409 e. The van der Waals surface area contributed by atoms with Crippen LogP contribution in [-0.2, 0) is 11.2 Å². The fourth-order valence-electron chi connectivity index (χ4n) is 4.26. The Labute approximate surface area is 183 Å². The molecule has 0 bridgehead atoms. The standard InChI is InChI=1S/C26H29N3O2/c27-15-8-18-29(17-7-10-20-9-5-6-16-28-20)26(30)31-19-25-23-13-3-1-11-21(23)22-12-2-4-14-24(22)25/h1-6,9,11-14,16,25H,7-8,10,15,17-19,27H2. The van der Waals surface area contributed by atoms with E-state index in [1.807, 2.05) is 30.3 Å². The summed E-state index contributed by atoms with van der Waals surface area (Å²) in [6.45, 7) is 2.13. The molecule has 0 unspecified atom stereocenters. The van der Waals surface area contributed by atoms with E-state index >= 15 is 0 Å². The number of nitrogens with two attached hydrogens (primary N) is 1. The minimum atomic E-state index is -0.267. The Morgan fingerprint density at radius 1 is 0.903 bits per heavy atom. The van der Waals surface area contributed by atoms with Crippen molar-refractivity contribution >= 4 is 6.09 Å². The molecule has 2 N–H and O–H groups in total. The Balaban J connectivity index is 1.39. The van der Waals surface area contributed by atoms with E-state index in [9.17, 15) is 4.79 Å². The van der Waals surface area contributed by atoms with Crippen LogP contribution >= 0.6 is 0 Å². The molecule has 4 rings (SSSR count). The third kappa shape index (κ3) is 4.94. The number of benzene rings is 2. The topological polar surface area (TPSA) is 68.5 Å². The smallest absolute Gasteiger partial charge is 0.409 e. The van der Waals surface area contributed by atoms with Crippen LogP contribution in [0.3, 0.4) is 0 Å². The molecule has 5 heteroatoms. The average Bonchev–Trinajstić information content (AvgIpc) is 3.14. The summed E-state index contributed by atoms with van der Waals surface area (Å²) in [6.07, 6.45) is 3.96. The zero-order valence-corrected chi connectivity index (χ0v) is 17.7. The first-order chi connectivity index (χ1) is 15.3. The number of rotatable bonds is 9. The number of fused-ring (bicyclic) bond motifs is 3. The number of aryl methyl sites for hydroxylation is 1. The highest BCUT2D eigenvalue weighted by atomic mass is 16.6.